The summed E-state index contributed by atoms with van der Waals surface area (Å²) in [7, 11) is 4.14. The van der Waals surface area contributed by atoms with Gasteiger partial charge in [0.15, 0.2) is 0 Å². The van der Waals surface area contributed by atoms with Gasteiger partial charge in [-0.2, -0.15) is 5.10 Å². The van der Waals surface area contributed by atoms with E-state index in [-0.39, 0.29) is 0 Å². The molecule has 2 aromatic carbocycles. The molecule has 0 saturated heterocycles. The summed E-state index contributed by atoms with van der Waals surface area (Å²) in [5, 5.41) is 22.2. The van der Waals surface area contributed by atoms with Crippen molar-refractivity contribution in [2.75, 3.05) is 20.6 Å². The van der Waals surface area contributed by atoms with Crippen LogP contribution >= 0.6 is 0 Å². The quantitative estimate of drug-likeness (QED) is 0.300. The number of nitrogens with zero attached hydrogens (tertiary/aromatic N) is 5. The molecule has 0 bridgehead atoms. The SMILES string of the molecule is CN(C)Cc1cc(-c2cn(Cc3ccc4cc(CNCC5CCC5)[nH]c4c3)nn2)c2cn[nH]c2c1. The van der Waals surface area contributed by atoms with E-state index in [1.807, 2.05) is 17.1 Å². The van der Waals surface area contributed by atoms with E-state index in [0.717, 1.165) is 47.7 Å². The first-order valence-corrected chi connectivity index (χ1v) is 12.4. The number of aromatic amines is 2. The fourth-order valence-electron chi connectivity index (χ4n) is 5.00. The van der Waals surface area contributed by atoms with Gasteiger partial charge < -0.3 is 15.2 Å². The number of aromatic nitrogens is 6. The second-order valence-corrected chi connectivity index (χ2v) is 10.2. The van der Waals surface area contributed by atoms with Crippen molar-refractivity contribution in [1.29, 1.82) is 0 Å². The maximum atomic E-state index is 4.50. The molecule has 0 atom stereocenters. The van der Waals surface area contributed by atoms with Gasteiger partial charge in [-0.25, -0.2) is 4.68 Å². The highest BCUT2D eigenvalue weighted by Gasteiger charge is 2.16. The van der Waals surface area contributed by atoms with Crippen molar-refractivity contribution in [3.63, 3.8) is 0 Å². The number of hydrogen-bond acceptors (Lipinski definition) is 5. The Hall–Kier alpha value is -3.49. The zero-order valence-electron chi connectivity index (χ0n) is 20.4. The van der Waals surface area contributed by atoms with Crippen molar-refractivity contribution in [1.82, 2.24) is 40.4 Å². The van der Waals surface area contributed by atoms with Crippen LogP contribution in [0.1, 0.15) is 36.1 Å². The highest BCUT2D eigenvalue weighted by molar-refractivity contribution is 5.93. The van der Waals surface area contributed by atoms with Gasteiger partial charge in [0.25, 0.3) is 0 Å². The third kappa shape index (κ3) is 4.72. The predicted octanol–water partition coefficient (Wildman–Crippen LogP) is 4.30. The van der Waals surface area contributed by atoms with E-state index in [2.05, 4.69) is 86.2 Å². The van der Waals surface area contributed by atoms with Gasteiger partial charge >= 0.3 is 0 Å². The number of nitrogens with one attached hydrogen (secondary N) is 3. The van der Waals surface area contributed by atoms with Gasteiger partial charge in [-0.05, 0) is 80.2 Å². The topological polar surface area (TPSA) is 90.4 Å². The predicted molar refractivity (Wildman–Crippen MR) is 139 cm³/mol. The summed E-state index contributed by atoms with van der Waals surface area (Å²) < 4.78 is 1.91. The van der Waals surface area contributed by atoms with Crippen LogP contribution in [-0.4, -0.2) is 55.7 Å². The normalized spacial score (nSPS) is 14.4. The van der Waals surface area contributed by atoms with E-state index in [0.29, 0.717) is 6.54 Å². The summed E-state index contributed by atoms with van der Waals surface area (Å²) in [5.41, 5.74) is 7.74. The van der Waals surface area contributed by atoms with E-state index in [1.54, 1.807) is 0 Å². The Morgan fingerprint density at radius 3 is 2.80 bits per heavy atom. The molecule has 8 nitrogen and oxygen atoms in total. The first kappa shape index (κ1) is 22.0. The molecule has 5 aromatic rings. The van der Waals surface area contributed by atoms with Crippen LogP contribution in [0, 0.1) is 5.92 Å². The van der Waals surface area contributed by atoms with Crippen molar-refractivity contribution >= 4 is 21.8 Å². The van der Waals surface area contributed by atoms with E-state index in [4.69, 9.17) is 0 Å². The maximum absolute atomic E-state index is 4.50. The molecule has 3 heterocycles. The summed E-state index contributed by atoms with van der Waals surface area (Å²) in [6.07, 6.45) is 8.03. The first-order valence-electron chi connectivity index (χ1n) is 12.4. The molecule has 35 heavy (non-hydrogen) atoms. The molecule has 0 amide bonds. The van der Waals surface area contributed by atoms with Crippen LogP contribution in [0.3, 0.4) is 0 Å². The highest BCUT2D eigenvalue weighted by atomic mass is 15.4. The summed E-state index contributed by atoms with van der Waals surface area (Å²) in [5.74, 6) is 0.874. The first-order chi connectivity index (χ1) is 17.1. The van der Waals surface area contributed by atoms with Crippen LogP contribution in [0.25, 0.3) is 33.1 Å². The van der Waals surface area contributed by atoms with Crippen LogP contribution < -0.4 is 5.32 Å². The molecule has 6 rings (SSSR count). The van der Waals surface area contributed by atoms with Crippen LogP contribution in [0.5, 0.6) is 0 Å². The van der Waals surface area contributed by atoms with Crippen molar-refractivity contribution in [2.45, 2.75) is 38.9 Å². The monoisotopic (exact) mass is 468 g/mol. The van der Waals surface area contributed by atoms with Crippen molar-refractivity contribution in [3.8, 4) is 11.3 Å². The lowest BCUT2D eigenvalue weighted by molar-refractivity contribution is 0.301. The van der Waals surface area contributed by atoms with Crippen LogP contribution in [-0.2, 0) is 19.6 Å². The molecule has 1 saturated carbocycles. The minimum atomic E-state index is 0.670. The summed E-state index contributed by atoms with van der Waals surface area (Å²) in [4.78, 5) is 5.74. The molecule has 3 aromatic heterocycles. The average Bonchev–Trinajstić information content (AvgIpc) is 3.53. The second kappa shape index (κ2) is 9.28. The smallest absolute Gasteiger partial charge is 0.113 e. The third-order valence-corrected chi connectivity index (χ3v) is 6.99. The van der Waals surface area contributed by atoms with Crippen molar-refractivity contribution < 1.29 is 0 Å². The minimum Gasteiger partial charge on any atom is -0.357 e. The molecule has 1 aliphatic rings. The molecule has 3 N–H and O–H groups in total. The Balaban J connectivity index is 1.19. The second-order valence-electron chi connectivity index (χ2n) is 10.2. The van der Waals surface area contributed by atoms with Gasteiger partial charge in [-0.15, -0.1) is 5.10 Å². The fraction of sp³-hybridized carbons (Fsp3) is 0.370. The number of rotatable bonds is 9. The Morgan fingerprint density at radius 1 is 1.09 bits per heavy atom. The number of H-pyrrole nitrogens is 2. The van der Waals surface area contributed by atoms with Gasteiger partial charge in [0.2, 0.25) is 0 Å². The Labute approximate surface area is 204 Å². The van der Waals surface area contributed by atoms with Gasteiger partial charge in [-0.3, -0.25) is 5.10 Å². The molecular formula is C27H32N8. The van der Waals surface area contributed by atoms with Gasteiger partial charge in [0, 0.05) is 35.2 Å². The Kier molecular flexibility index (Phi) is 5.83. The standard InChI is InChI=1S/C27H32N8/c1-34(2)15-20-8-23(24-14-29-31-26(24)10-20)27-17-35(33-32-27)16-19-6-7-21-11-22(30-25(21)9-19)13-28-12-18-4-3-5-18/h6-11,14,17-18,28,30H,3-5,12-13,15-16H2,1-2H3,(H,29,31). The summed E-state index contributed by atoms with van der Waals surface area (Å²) >= 11 is 0. The van der Waals surface area contributed by atoms with Crippen LogP contribution in [0.15, 0.2) is 48.8 Å². The zero-order chi connectivity index (χ0) is 23.8. The van der Waals surface area contributed by atoms with Crippen molar-refractivity contribution in [2.24, 2.45) is 5.92 Å². The average molecular weight is 469 g/mol. The molecule has 8 heteroatoms. The van der Waals surface area contributed by atoms with Crippen molar-refractivity contribution in [3.05, 3.63) is 65.6 Å². The molecular weight excluding hydrogens is 436 g/mol. The Morgan fingerprint density at radius 2 is 1.97 bits per heavy atom. The summed E-state index contributed by atoms with van der Waals surface area (Å²) in [6, 6.07) is 13.2. The zero-order valence-corrected chi connectivity index (χ0v) is 20.4. The lowest BCUT2D eigenvalue weighted by Gasteiger charge is -2.25. The molecule has 180 valence electrons. The molecule has 0 aliphatic heterocycles. The van der Waals surface area contributed by atoms with Gasteiger partial charge in [-0.1, -0.05) is 23.8 Å². The third-order valence-electron chi connectivity index (χ3n) is 6.99. The summed E-state index contributed by atoms with van der Waals surface area (Å²) in [6.45, 7) is 3.54. The number of hydrogen-bond donors (Lipinski definition) is 3. The minimum absolute atomic E-state index is 0.670. The van der Waals surface area contributed by atoms with E-state index >= 15 is 0 Å². The van der Waals surface area contributed by atoms with Crippen LogP contribution in [0.4, 0.5) is 0 Å². The van der Waals surface area contributed by atoms with E-state index in [9.17, 15) is 0 Å². The fourth-order valence-corrected chi connectivity index (χ4v) is 5.00. The highest BCUT2D eigenvalue weighted by Crippen LogP contribution is 2.28. The molecule has 0 unspecified atom stereocenters. The molecule has 1 aliphatic carbocycles. The molecule has 0 spiro atoms. The molecule has 1 fully saturated rings. The lowest BCUT2D eigenvalue weighted by atomic mass is 9.85. The molecule has 0 radical (unpaired) electrons. The van der Waals surface area contributed by atoms with Gasteiger partial charge in [0.05, 0.1) is 24.5 Å². The largest absolute Gasteiger partial charge is 0.357 e. The lowest BCUT2D eigenvalue weighted by Crippen LogP contribution is -2.26. The van der Waals surface area contributed by atoms with Gasteiger partial charge in [0.1, 0.15) is 5.69 Å². The van der Waals surface area contributed by atoms with E-state index < -0.39 is 0 Å². The maximum Gasteiger partial charge on any atom is 0.113 e. The van der Waals surface area contributed by atoms with Crippen LogP contribution in [0.2, 0.25) is 0 Å². The number of benzene rings is 2. The Bertz CT molecular complexity index is 1450. The van der Waals surface area contributed by atoms with E-state index in [1.165, 1.54) is 47.0 Å². The number of fused-ring (bicyclic) bond motifs is 2.